The van der Waals surface area contributed by atoms with E-state index in [-0.39, 0.29) is 5.97 Å². The molecule has 1 atom stereocenters. The number of hydrogen-bond acceptors (Lipinski definition) is 3. The molecule has 1 saturated carbocycles. The summed E-state index contributed by atoms with van der Waals surface area (Å²) in [5, 5.41) is 0. The Balaban J connectivity index is 2.12. The third-order valence-electron chi connectivity index (χ3n) is 2.19. The predicted octanol–water partition coefficient (Wildman–Crippen LogP) is 1.31. The summed E-state index contributed by atoms with van der Waals surface area (Å²) in [6.07, 6.45) is 3.11. The zero-order chi connectivity index (χ0) is 9.84. The van der Waals surface area contributed by atoms with Gasteiger partial charge in [0.15, 0.2) is 0 Å². The largest absolute Gasteiger partial charge is 0.464 e. The highest BCUT2D eigenvalue weighted by atomic mass is 16.5. The third-order valence-corrected chi connectivity index (χ3v) is 2.19. The molecule has 0 bridgehead atoms. The van der Waals surface area contributed by atoms with Crippen molar-refractivity contribution in [3.05, 3.63) is 0 Å². The van der Waals surface area contributed by atoms with E-state index in [4.69, 9.17) is 10.5 Å². The Labute approximate surface area is 79.6 Å². The second-order valence-corrected chi connectivity index (χ2v) is 4.31. The van der Waals surface area contributed by atoms with E-state index in [2.05, 4.69) is 0 Å². The average molecular weight is 185 g/mol. The quantitative estimate of drug-likeness (QED) is 0.657. The van der Waals surface area contributed by atoms with Crippen LogP contribution in [-0.4, -0.2) is 18.6 Å². The summed E-state index contributed by atoms with van der Waals surface area (Å²) in [7, 11) is 0. The maximum Gasteiger partial charge on any atom is 0.322 e. The molecule has 0 amide bonds. The molecule has 76 valence electrons. The molecule has 1 fully saturated rings. The lowest BCUT2D eigenvalue weighted by molar-refractivity contribution is -0.146. The molecule has 3 heteroatoms. The van der Waals surface area contributed by atoms with Crippen molar-refractivity contribution in [1.29, 1.82) is 0 Å². The van der Waals surface area contributed by atoms with Gasteiger partial charge in [0, 0.05) is 0 Å². The van der Waals surface area contributed by atoms with Crippen molar-refractivity contribution in [2.75, 3.05) is 6.61 Å². The van der Waals surface area contributed by atoms with Gasteiger partial charge in [0.05, 0.1) is 6.61 Å². The summed E-state index contributed by atoms with van der Waals surface area (Å²) in [5.74, 6) is 0.833. The fourth-order valence-electron chi connectivity index (χ4n) is 1.20. The Kier molecular flexibility index (Phi) is 3.72. The van der Waals surface area contributed by atoms with E-state index < -0.39 is 6.04 Å². The van der Waals surface area contributed by atoms with E-state index in [9.17, 15) is 4.79 Å². The van der Waals surface area contributed by atoms with Crippen LogP contribution in [0.4, 0.5) is 0 Å². The Morgan fingerprint density at radius 1 is 1.54 bits per heavy atom. The summed E-state index contributed by atoms with van der Waals surface area (Å²) in [5.41, 5.74) is 5.65. The number of nitrogens with two attached hydrogens (primary N) is 1. The molecule has 0 aliphatic heterocycles. The average Bonchev–Trinajstić information content (AvgIpc) is 2.81. The normalized spacial score (nSPS) is 18.8. The van der Waals surface area contributed by atoms with Crippen LogP contribution < -0.4 is 5.73 Å². The number of carbonyl (C=O) groups excluding carboxylic acids is 1. The van der Waals surface area contributed by atoms with E-state index >= 15 is 0 Å². The van der Waals surface area contributed by atoms with Crippen molar-refractivity contribution in [3.63, 3.8) is 0 Å². The summed E-state index contributed by atoms with van der Waals surface area (Å²) in [6, 6.07) is -0.432. The van der Waals surface area contributed by atoms with E-state index in [0.29, 0.717) is 24.9 Å². The Hall–Kier alpha value is -0.570. The lowest BCUT2D eigenvalue weighted by Gasteiger charge is -2.12. The molecule has 13 heavy (non-hydrogen) atoms. The first-order chi connectivity index (χ1) is 6.09. The van der Waals surface area contributed by atoms with Gasteiger partial charge in [-0.25, -0.2) is 0 Å². The van der Waals surface area contributed by atoms with Crippen molar-refractivity contribution in [2.45, 2.75) is 39.2 Å². The van der Waals surface area contributed by atoms with Crippen molar-refractivity contribution in [2.24, 2.45) is 17.6 Å². The summed E-state index contributed by atoms with van der Waals surface area (Å²) >= 11 is 0. The smallest absolute Gasteiger partial charge is 0.322 e. The number of carbonyl (C=O) groups is 1. The van der Waals surface area contributed by atoms with Crippen LogP contribution in [-0.2, 0) is 9.53 Å². The van der Waals surface area contributed by atoms with Crippen molar-refractivity contribution in [3.8, 4) is 0 Å². The minimum atomic E-state index is -0.432. The topological polar surface area (TPSA) is 52.3 Å². The van der Waals surface area contributed by atoms with E-state index in [1.165, 1.54) is 12.8 Å². The number of ether oxygens (including phenoxy) is 1. The molecule has 0 heterocycles. The maximum absolute atomic E-state index is 11.3. The Morgan fingerprint density at radius 2 is 2.15 bits per heavy atom. The van der Waals surface area contributed by atoms with E-state index in [1.54, 1.807) is 0 Å². The molecule has 0 aromatic carbocycles. The zero-order valence-electron chi connectivity index (χ0n) is 8.45. The van der Waals surface area contributed by atoms with Crippen LogP contribution in [0.25, 0.3) is 0 Å². The van der Waals surface area contributed by atoms with Gasteiger partial charge in [-0.3, -0.25) is 4.79 Å². The number of hydrogen-bond donors (Lipinski definition) is 1. The van der Waals surface area contributed by atoms with Crippen molar-refractivity contribution < 1.29 is 9.53 Å². The first-order valence-corrected chi connectivity index (χ1v) is 5.01. The molecule has 0 aromatic rings. The molecular formula is C10H19NO2. The van der Waals surface area contributed by atoms with E-state index in [0.717, 1.165) is 0 Å². The molecule has 3 nitrogen and oxygen atoms in total. The van der Waals surface area contributed by atoms with Gasteiger partial charge < -0.3 is 10.5 Å². The highest BCUT2D eigenvalue weighted by Crippen LogP contribution is 2.28. The van der Waals surface area contributed by atoms with Crippen molar-refractivity contribution >= 4 is 5.97 Å². The van der Waals surface area contributed by atoms with Crippen LogP contribution in [0.2, 0.25) is 0 Å². The minimum absolute atomic E-state index is 0.236. The Bertz CT molecular complexity index is 176. The van der Waals surface area contributed by atoms with Gasteiger partial charge in [0.2, 0.25) is 0 Å². The first-order valence-electron chi connectivity index (χ1n) is 5.01. The molecule has 0 saturated heterocycles. The predicted molar refractivity (Wildman–Crippen MR) is 51.1 cm³/mol. The molecule has 2 N–H and O–H groups in total. The molecular weight excluding hydrogens is 166 g/mol. The highest BCUT2D eigenvalue weighted by Gasteiger charge is 2.24. The molecule has 1 rings (SSSR count). The van der Waals surface area contributed by atoms with Crippen LogP contribution in [0, 0.1) is 11.8 Å². The fraction of sp³-hybridized carbons (Fsp3) is 0.900. The monoisotopic (exact) mass is 185 g/mol. The van der Waals surface area contributed by atoms with Gasteiger partial charge in [0.1, 0.15) is 6.04 Å². The number of rotatable bonds is 5. The minimum Gasteiger partial charge on any atom is -0.464 e. The van der Waals surface area contributed by atoms with Crippen LogP contribution in [0.15, 0.2) is 0 Å². The fourth-order valence-corrected chi connectivity index (χ4v) is 1.20. The number of esters is 1. The summed E-state index contributed by atoms with van der Waals surface area (Å²) < 4.78 is 5.06. The molecule has 1 unspecified atom stereocenters. The van der Waals surface area contributed by atoms with Crippen molar-refractivity contribution in [1.82, 2.24) is 0 Å². The van der Waals surface area contributed by atoms with Gasteiger partial charge in [-0.1, -0.05) is 13.8 Å². The second-order valence-electron chi connectivity index (χ2n) is 4.31. The standard InChI is InChI=1S/C10H19NO2/c1-7(2)5-9(11)10(12)13-6-8-3-4-8/h7-9H,3-6,11H2,1-2H3. The second kappa shape index (κ2) is 4.61. The molecule has 0 spiro atoms. The first kappa shape index (κ1) is 10.5. The van der Waals surface area contributed by atoms with Crippen LogP contribution in [0.3, 0.4) is 0 Å². The molecule has 1 aliphatic rings. The van der Waals surface area contributed by atoms with Gasteiger partial charge in [0.25, 0.3) is 0 Å². The van der Waals surface area contributed by atoms with Gasteiger partial charge in [-0.05, 0) is 31.1 Å². The third kappa shape index (κ3) is 4.27. The molecule has 0 radical (unpaired) electrons. The SMILES string of the molecule is CC(C)CC(N)C(=O)OCC1CC1. The summed E-state index contributed by atoms with van der Waals surface area (Å²) in [4.78, 5) is 11.3. The molecule has 0 aromatic heterocycles. The van der Waals surface area contributed by atoms with Gasteiger partial charge >= 0.3 is 5.97 Å². The molecule has 1 aliphatic carbocycles. The lowest BCUT2D eigenvalue weighted by atomic mass is 10.1. The Morgan fingerprint density at radius 3 is 2.62 bits per heavy atom. The maximum atomic E-state index is 11.3. The summed E-state index contributed by atoms with van der Waals surface area (Å²) in [6.45, 7) is 4.67. The van der Waals surface area contributed by atoms with Crippen LogP contribution in [0.5, 0.6) is 0 Å². The van der Waals surface area contributed by atoms with Gasteiger partial charge in [-0.2, -0.15) is 0 Å². The van der Waals surface area contributed by atoms with Gasteiger partial charge in [-0.15, -0.1) is 0 Å². The van der Waals surface area contributed by atoms with Crippen LogP contribution >= 0.6 is 0 Å². The van der Waals surface area contributed by atoms with E-state index in [1.807, 2.05) is 13.8 Å². The lowest BCUT2D eigenvalue weighted by Crippen LogP contribution is -2.33. The van der Waals surface area contributed by atoms with Crippen LogP contribution in [0.1, 0.15) is 33.1 Å². The highest BCUT2D eigenvalue weighted by molar-refractivity contribution is 5.75. The zero-order valence-corrected chi connectivity index (χ0v) is 8.45.